The minimum absolute atomic E-state index is 0.150. The fourth-order valence-corrected chi connectivity index (χ4v) is 0.977. The summed E-state index contributed by atoms with van der Waals surface area (Å²) < 4.78 is 10.3. The Morgan fingerprint density at radius 3 is 2.42 bits per heavy atom. The van der Waals surface area contributed by atoms with Crippen molar-refractivity contribution in [2.45, 2.75) is 24.9 Å². The maximum atomic E-state index is 12.5. The number of hydrogen-bond donors (Lipinski definition) is 0. The Morgan fingerprint density at radius 1 is 1.58 bits per heavy atom. The first kappa shape index (κ1) is 11.7. The van der Waals surface area contributed by atoms with Gasteiger partial charge in [0.1, 0.15) is 0 Å². The van der Waals surface area contributed by atoms with E-state index in [0.29, 0.717) is 5.57 Å². The third-order valence-corrected chi connectivity index (χ3v) is 1.25. The SMILES string of the molecule is CC(=O)C=C=C(C)CC(F)(Cl)Cl. The normalized spacial score (nSPS) is 10.4. The lowest BCUT2D eigenvalue weighted by atomic mass is 10.2. The lowest BCUT2D eigenvalue weighted by Crippen LogP contribution is -2.03. The van der Waals surface area contributed by atoms with Gasteiger partial charge in [0, 0.05) is 12.5 Å². The molecule has 0 amide bonds. The van der Waals surface area contributed by atoms with Gasteiger partial charge in [-0.3, -0.25) is 4.79 Å². The zero-order chi connectivity index (χ0) is 9.78. The molecule has 0 rings (SSSR count). The highest BCUT2D eigenvalue weighted by molar-refractivity contribution is 6.47. The molecule has 68 valence electrons. The molecule has 0 fully saturated rings. The molecule has 0 saturated heterocycles. The Hall–Kier alpha value is -0.300. The van der Waals surface area contributed by atoms with Crippen LogP contribution in [0, 0.1) is 0 Å². The molecule has 12 heavy (non-hydrogen) atoms. The first-order chi connectivity index (χ1) is 5.31. The van der Waals surface area contributed by atoms with Crippen LogP contribution in [0.5, 0.6) is 0 Å². The molecule has 0 aromatic rings. The number of hydrogen-bond acceptors (Lipinski definition) is 1. The van der Waals surface area contributed by atoms with Crippen molar-refractivity contribution in [3.63, 3.8) is 0 Å². The molecule has 0 bridgehead atoms. The summed E-state index contributed by atoms with van der Waals surface area (Å²) >= 11 is 10.2. The molecule has 0 heterocycles. The van der Waals surface area contributed by atoms with Gasteiger partial charge in [0.25, 0.3) is 4.59 Å². The topological polar surface area (TPSA) is 17.1 Å². The van der Waals surface area contributed by atoms with Crippen LogP contribution >= 0.6 is 23.2 Å². The van der Waals surface area contributed by atoms with E-state index in [0.717, 1.165) is 0 Å². The molecular weight excluding hydrogens is 202 g/mol. The van der Waals surface area contributed by atoms with Crippen LogP contribution in [0.4, 0.5) is 4.39 Å². The van der Waals surface area contributed by atoms with Crippen LogP contribution in [0.2, 0.25) is 0 Å². The van der Waals surface area contributed by atoms with Gasteiger partial charge in [0.2, 0.25) is 0 Å². The number of carbonyl (C=O) groups excluding carboxylic acids is 1. The van der Waals surface area contributed by atoms with Gasteiger partial charge in [-0.15, -0.1) is 5.73 Å². The van der Waals surface area contributed by atoms with Crippen LogP contribution in [-0.2, 0) is 4.79 Å². The largest absolute Gasteiger partial charge is 0.294 e. The molecule has 4 heteroatoms. The number of allylic oxidation sites excluding steroid dienone is 1. The Morgan fingerprint density at radius 2 is 2.08 bits per heavy atom. The highest BCUT2D eigenvalue weighted by Crippen LogP contribution is 2.29. The Bertz CT molecular complexity index is 234. The van der Waals surface area contributed by atoms with E-state index in [1.165, 1.54) is 13.0 Å². The van der Waals surface area contributed by atoms with Gasteiger partial charge in [0.15, 0.2) is 5.78 Å². The molecule has 0 aromatic carbocycles. The van der Waals surface area contributed by atoms with E-state index in [9.17, 15) is 9.18 Å². The van der Waals surface area contributed by atoms with Crippen LogP contribution in [0.15, 0.2) is 17.4 Å². The van der Waals surface area contributed by atoms with E-state index in [1.807, 2.05) is 0 Å². The fourth-order valence-electron chi connectivity index (χ4n) is 0.577. The summed E-state index contributed by atoms with van der Waals surface area (Å²) in [5.41, 5.74) is 3.07. The number of carbonyl (C=O) groups is 1. The average Bonchev–Trinajstić information content (AvgIpc) is 1.79. The van der Waals surface area contributed by atoms with E-state index in [2.05, 4.69) is 5.73 Å². The van der Waals surface area contributed by atoms with Crippen molar-refractivity contribution in [1.82, 2.24) is 0 Å². The Labute approximate surface area is 80.8 Å². The lowest BCUT2D eigenvalue weighted by Gasteiger charge is -2.06. The number of rotatable bonds is 3. The molecule has 0 N–H and O–H groups in total. The molecule has 0 spiro atoms. The van der Waals surface area contributed by atoms with E-state index >= 15 is 0 Å². The average molecular weight is 211 g/mol. The first-order valence-electron chi connectivity index (χ1n) is 3.31. The zero-order valence-electron chi connectivity index (χ0n) is 6.83. The summed E-state index contributed by atoms with van der Waals surface area (Å²) in [5.74, 6) is -0.150. The maximum Gasteiger partial charge on any atom is 0.261 e. The molecular formula is C8H9Cl2FO. The van der Waals surface area contributed by atoms with Crippen LogP contribution in [-0.4, -0.2) is 10.4 Å². The molecule has 0 unspecified atom stereocenters. The quantitative estimate of drug-likeness (QED) is 0.398. The summed E-state index contributed by atoms with van der Waals surface area (Å²) in [6.07, 6.45) is 1.06. The van der Waals surface area contributed by atoms with Crippen molar-refractivity contribution in [3.05, 3.63) is 17.4 Å². The van der Waals surface area contributed by atoms with E-state index in [4.69, 9.17) is 23.2 Å². The highest BCUT2D eigenvalue weighted by Gasteiger charge is 2.21. The van der Waals surface area contributed by atoms with Crippen molar-refractivity contribution >= 4 is 29.0 Å². The van der Waals surface area contributed by atoms with Crippen LogP contribution in [0.3, 0.4) is 0 Å². The van der Waals surface area contributed by atoms with Crippen molar-refractivity contribution < 1.29 is 9.18 Å². The second-order valence-electron chi connectivity index (χ2n) is 2.47. The van der Waals surface area contributed by atoms with Gasteiger partial charge < -0.3 is 0 Å². The predicted octanol–water partition coefficient (Wildman–Crippen LogP) is 3.17. The van der Waals surface area contributed by atoms with Gasteiger partial charge in [0.05, 0.1) is 0 Å². The molecule has 0 saturated carbocycles. The van der Waals surface area contributed by atoms with Gasteiger partial charge in [-0.25, -0.2) is 4.39 Å². The van der Waals surface area contributed by atoms with Gasteiger partial charge in [-0.05, 0) is 19.4 Å². The van der Waals surface area contributed by atoms with Gasteiger partial charge >= 0.3 is 0 Å². The molecule has 1 nitrogen and oxygen atoms in total. The Balaban J connectivity index is 4.31. The van der Waals surface area contributed by atoms with Crippen LogP contribution in [0.25, 0.3) is 0 Å². The predicted molar refractivity (Wildman–Crippen MR) is 48.1 cm³/mol. The van der Waals surface area contributed by atoms with Crippen molar-refractivity contribution in [2.24, 2.45) is 0 Å². The Kier molecular flexibility index (Phi) is 4.54. The molecule has 0 radical (unpaired) electrons. The summed E-state index contributed by atoms with van der Waals surface area (Å²) in [6.45, 7) is 2.98. The van der Waals surface area contributed by atoms with Gasteiger partial charge in [-0.2, -0.15) is 0 Å². The minimum atomic E-state index is -2.28. The highest BCUT2D eigenvalue weighted by atomic mass is 35.5. The van der Waals surface area contributed by atoms with Crippen LogP contribution < -0.4 is 0 Å². The maximum absolute atomic E-state index is 12.5. The number of halogens is 3. The van der Waals surface area contributed by atoms with Crippen molar-refractivity contribution in [1.29, 1.82) is 0 Å². The standard InChI is InChI=1S/C8H9Cl2FO/c1-6(3-4-7(2)12)5-8(9,10)11/h4H,5H2,1-2H3. The number of ketones is 1. The molecule has 0 aromatic heterocycles. The van der Waals surface area contributed by atoms with E-state index < -0.39 is 4.59 Å². The van der Waals surface area contributed by atoms with Crippen molar-refractivity contribution in [3.8, 4) is 0 Å². The smallest absolute Gasteiger partial charge is 0.261 e. The second kappa shape index (κ2) is 4.66. The summed E-state index contributed by atoms with van der Waals surface area (Å²) in [7, 11) is 0. The van der Waals surface area contributed by atoms with E-state index in [1.54, 1.807) is 6.92 Å². The van der Waals surface area contributed by atoms with Crippen molar-refractivity contribution in [2.75, 3.05) is 0 Å². The minimum Gasteiger partial charge on any atom is -0.294 e. The number of alkyl halides is 3. The summed E-state index contributed by atoms with van der Waals surface area (Å²) in [4.78, 5) is 10.4. The molecule has 0 atom stereocenters. The zero-order valence-corrected chi connectivity index (χ0v) is 8.34. The monoisotopic (exact) mass is 210 g/mol. The third kappa shape index (κ3) is 7.80. The van der Waals surface area contributed by atoms with Gasteiger partial charge in [-0.1, -0.05) is 23.2 Å². The molecule has 0 aliphatic heterocycles. The molecule has 0 aliphatic carbocycles. The second-order valence-corrected chi connectivity index (χ2v) is 3.86. The summed E-state index contributed by atoms with van der Waals surface area (Å²) in [6, 6.07) is 0. The fraction of sp³-hybridized carbons (Fsp3) is 0.500. The third-order valence-electron chi connectivity index (χ3n) is 0.987. The molecule has 0 aliphatic rings. The van der Waals surface area contributed by atoms with Crippen LogP contribution in [0.1, 0.15) is 20.3 Å². The van der Waals surface area contributed by atoms with E-state index in [-0.39, 0.29) is 12.2 Å². The summed E-state index contributed by atoms with van der Waals surface area (Å²) in [5, 5.41) is 0. The lowest BCUT2D eigenvalue weighted by molar-refractivity contribution is -0.112. The first-order valence-corrected chi connectivity index (χ1v) is 4.06.